The van der Waals surface area contributed by atoms with E-state index >= 15 is 0 Å². The molecule has 20 heavy (non-hydrogen) atoms. The average Bonchev–Trinajstić information content (AvgIpc) is 2.48. The van der Waals surface area contributed by atoms with Gasteiger partial charge in [-0.2, -0.15) is 0 Å². The molecule has 2 aromatic carbocycles. The van der Waals surface area contributed by atoms with E-state index in [1.807, 2.05) is 54.6 Å². The second kappa shape index (κ2) is 7.50. The van der Waals surface area contributed by atoms with Gasteiger partial charge in [0.1, 0.15) is 16.5 Å². The predicted molar refractivity (Wildman–Crippen MR) is 84.4 cm³/mol. The molecule has 0 aromatic heterocycles. The Balaban J connectivity index is 1.75. The van der Waals surface area contributed by atoms with Gasteiger partial charge in [-0.05, 0) is 24.3 Å². The van der Waals surface area contributed by atoms with Crippen molar-refractivity contribution in [1.29, 1.82) is 0 Å². The Kier molecular flexibility index (Phi) is 5.38. The van der Waals surface area contributed by atoms with Crippen LogP contribution in [0.15, 0.2) is 54.6 Å². The van der Waals surface area contributed by atoms with Crippen LogP contribution >= 0.6 is 12.2 Å². The topological polar surface area (TPSA) is 44.5 Å². The molecule has 0 atom stereocenters. The fraction of sp³-hybridized carbons (Fsp3) is 0.188. The van der Waals surface area contributed by atoms with Gasteiger partial charge in [0.25, 0.3) is 0 Å². The predicted octanol–water partition coefficient (Wildman–Crippen LogP) is 3.17. The quantitative estimate of drug-likeness (QED) is 0.627. The van der Waals surface area contributed by atoms with Crippen molar-refractivity contribution in [2.45, 2.75) is 6.42 Å². The smallest absolute Gasteiger partial charge is 0.129 e. The minimum Gasteiger partial charge on any atom is -0.493 e. The maximum absolute atomic E-state index is 5.69. The van der Waals surface area contributed by atoms with Gasteiger partial charge in [-0.1, -0.05) is 42.5 Å². The number of hydrogen-bond acceptors (Lipinski definition) is 3. The highest BCUT2D eigenvalue weighted by atomic mass is 32.1. The summed E-state index contributed by atoms with van der Waals surface area (Å²) < 4.78 is 11.3. The third kappa shape index (κ3) is 4.24. The number of nitrogens with two attached hydrogens (primary N) is 1. The van der Waals surface area contributed by atoms with Crippen molar-refractivity contribution in [1.82, 2.24) is 0 Å². The van der Waals surface area contributed by atoms with Gasteiger partial charge >= 0.3 is 0 Å². The molecule has 2 rings (SSSR count). The van der Waals surface area contributed by atoms with Crippen molar-refractivity contribution >= 4 is 17.2 Å². The summed E-state index contributed by atoms with van der Waals surface area (Å²) in [4.78, 5) is 0.348. The highest BCUT2D eigenvalue weighted by Gasteiger charge is 2.04. The number of ether oxygens (including phenoxy) is 2. The molecule has 0 bridgehead atoms. The Morgan fingerprint density at radius 3 is 2.30 bits per heavy atom. The van der Waals surface area contributed by atoms with Crippen LogP contribution in [0.1, 0.15) is 12.0 Å². The third-order valence-electron chi connectivity index (χ3n) is 2.71. The number of thiocarbonyl (C=S) groups is 1. The van der Waals surface area contributed by atoms with Crippen LogP contribution in [0.5, 0.6) is 11.5 Å². The lowest BCUT2D eigenvalue weighted by Gasteiger charge is -2.11. The first-order valence-electron chi connectivity index (χ1n) is 6.47. The van der Waals surface area contributed by atoms with E-state index in [2.05, 4.69) is 0 Å². The molecule has 3 nitrogen and oxygen atoms in total. The number of hydrogen-bond donors (Lipinski definition) is 1. The van der Waals surface area contributed by atoms with E-state index in [1.165, 1.54) is 0 Å². The fourth-order valence-electron chi connectivity index (χ4n) is 1.74. The van der Waals surface area contributed by atoms with E-state index in [0.717, 1.165) is 23.5 Å². The van der Waals surface area contributed by atoms with E-state index in [0.29, 0.717) is 18.2 Å². The van der Waals surface area contributed by atoms with Crippen molar-refractivity contribution < 1.29 is 9.47 Å². The molecule has 0 aliphatic carbocycles. The van der Waals surface area contributed by atoms with Crippen LogP contribution in [0.3, 0.4) is 0 Å². The Morgan fingerprint density at radius 1 is 0.900 bits per heavy atom. The number of benzene rings is 2. The molecule has 0 fully saturated rings. The van der Waals surface area contributed by atoms with Crippen LogP contribution in [0.25, 0.3) is 0 Å². The summed E-state index contributed by atoms with van der Waals surface area (Å²) in [6, 6.07) is 17.2. The molecule has 104 valence electrons. The summed E-state index contributed by atoms with van der Waals surface area (Å²) in [6.07, 6.45) is 0.792. The highest BCUT2D eigenvalue weighted by molar-refractivity contribution is 7.80. The van der Waals surface area contributed by atoms with Crippen LogP contribution < -0.4 is 15.2 Å². The lowest BCUT2D eigenvalue weighted by atomic mass is 10.2. The zero-order valence-corrected chi connectivity index (χ0v) is 11.9. The molecule has 0 aliphatic heterocycles. The molecule has 0 saturated heterocycles. The van der Waals surface area contributed by atoms with E-state index in [1.54, 1.807) is 0 Å². The second-order valence-electron chi connectivity index (χ2n) is 4.22. The molecule has 0 heterocycles. The molecule has 0 spiro atoms. The van der Waals surface area contributed by atoms with Crippen LogP contribution in [0.4, 0.5) is 0 Å². The average molecular weight is 287 g/mol. The Hall–Kier alpha value is -2.07. The van der Waals surface area contributed by atoms with E-state index in [-0.39, 0.29) is 0 Å². The standard InChI is InChI=1S/C16H17NO2S/c17-16(20)14-9-4-5-10-15(14)19-12-6-11-18-13-7-2-1-3-8-13/h1-5,7-10H,6,11-12H2,(H2,17,20). The van der Waals surface area contributed by atoms with Crippen molar-refractivity contribution in [2.24, 2.45) is 5.73 Å². The summed E-state index contributed by atoms with van der Waals surface area (Å²) in [5.41, 5.74) is 6.42. The van der Waals surface area contributed by atoms with Gasteiger partial charge in [0.05, 0.1) is 18.8 Å². The molecule has 0 unspecified atom stereocenters. The minimum atomic E-state index is 0.348. The summed E-state index contributed by atoms with van der Waals surface area (Å²) >= 11 is 4.99. The van der Waals surface area contributed by atoms with Crippen LogP contribution in [0.2, 0.25) is 0 Å². The molecule has 0 radical (unpaired) electrons. The highest BCUT2D eigenvalue weighted by Crippen LogP contribution is 2.17. The van der Waals surface area contributed by atoms with Crippen molar-refractivity contribution in [3.8, 4) is 11.5 Å². The third-order valence-corrected chi connectivity index (χ3v) is 2.93. The van der Waals surface area contributed by atoms with Gasteiger partial charge in [0.2, 0.25) is 0 Å². The molecular formula is C16H17NO2S. The zero-order valence-electron chi connectivity index (χ0n) is 11.1. The minimum absolute atomic E-state index is 0.348. The molecule has 0 amide bonds. The van der Waals surface area contributed by atoms with E-state index in [9.17, 15) is 0 Å². The van der Waals surface area contributed by atoms with Gasteiger partial charge in [0, 0.05) is 6.42 Å². The summed E-state index contributed by atoms with van der Waals surface area (Å²) in [6.45, 7) is 1.17. The van der Waals surface area contributed by atoms with Crippen molar-refractivity contribution in [3.63, 3.8) is 0 Å². The summed E-state index contributed by atoms with van der Waals surface area (Å²) in [7, 11) is 0. The van der Waals surface area contributed by atoms with E-state index in [4.69, 9.17) is 27.4 Å². The normalized spacial score (nSPS) is 10.0. The Bertz CT molecular complexity index is 557. The molecule has 0 saturated carbocycles. The maximum atomic E-state index is 5.69. The van der Waals surface area contributed by atoms with Gasteiger partial charge in [-0.3, -0.25) is 0 Å². The summed E-state index contributed by atoms with van der Waals surface area (Å²) in [5, 5.41) is 0. The number of para-hydroxylation sites is 2. The summed E-state index contributed by atoms with van der Waals surface area (Å²) in [5.74, 6) is 1.59. The molecule has 0 aliphatic rings. The van der Waals surface area contributed by atoms with Gasteiger partial charge in [0.15, 0.2) is 0 Å². The van der Waals surface area contributed by atoms with Gasteiger partial charge in [-0.25, -0.2) is 0 Å². The van der Waals surface area contributed by atoms with Crippen LogP contribution in [-0.4, -0.2) is 18.2 Å². The first-order valence-corrected chi connectivity index (χ1v) is 6.87. The molecule has 4 heteroatoms. The lowest BCUT2D eigenvalue weighted by Crippen LogP contribution is -2.12. The van der Waals surface area contributed by atoms with Gasteiger partial charge in [-0.15, -0.1) is 0 Å². The monoisotopic (exact) mass is 287 g/mol. The Morgan fingerprint density at radius 2 is 1.55 bits per heavy atom. The van der Waals surface area contributed by atoms with Crippen molar-refractivity contribution in [3.05, 3.63) is 60.2 Å². The van der Waals surface area contributed by atoms with Crippen molar-refractivity contribution in [2.75, 3.05) is 13.2 Å². The SMILES string of the molecule is NC(=S)c1ccccc1OCCCOc1ccccc1. The molecular weight excluding hydrogens is 270 g/mol. The zero-order chi connectivity index (χ0) is 14.2. The first kappa shape index (κ1) is 14.3. The number of rotatable bonds is 7. The van der Waals surface area contributed by atoms with E-state index < -0.39 is 0 Å². The first-order chi connectivity index (χ1) is 9.77. The van der Waals surface area contributed by atoms with Gasteiger partial charge < -0.3 is 15.2 Å². The largest absolute Gasteiger partial charge is 0.493 e. The fourth-order valence-corrected chi connectivity index (χ4v) is 1.91. The lowest BCUT2D eigenvalue weighted by molar-refractivity contribution is 0.247. The molecule has 2 N–H and O–H groups in total. The van der Waals surface area contributed by atoms with Crippen LogP contribution in [0, 0.1) is 0 Å². The van der Waals surface area contributed by atoms with Crippen LogP contribution in [-0.2, 0) is 0 Å². The Labute approximate surface area is 124 Å². The molecule has 2 aromatic rings. The second-order valence-corrected chi connectivity index (χ2v) is 4.66. The maximum Gasteiger partial charge on any atom is 0.129 e.